The minimum atomic E-state index is -3.32. The van der Waals surface area contributed by atoms with E-state index in [0.717, 1.165) is 11.1 Å². The fourth-order valence-corrected chi connectivity index (χ4v) is 2.66. The zero-order valence-corrected chi connectivity index (χ0v) is 11.8. The summed E-state index contributed by atoms with van der Waals surface area (Å²) in [6, 6.07) is 11.1. The van der Waals surface area contributed by atoms with Crippen molar-refractivity contribution >= 4 is 15.7 Å². The van der Waals surface area contributed by atoms with Gasteiger partial charge in [-0.1, -0.05) is 23.8 Å². The van der Waals surface area contributed by atoms with Crippen LogP contribution in [0.15, 0.2) is 48.8 Å². The second-order valence-electron chi connectivity index (χ2n) is 4.47. The van der Waals surface area contributed by atoms with Crippen LogP contribution in [0.2, 0.25) is 0 Å². The molecule has 2 aromatic rings. The van der Waals surface area contributed by atoms with Gasteiger partial charge in [0, 0.05) is 12.4 Å². The molecule has 100 valence electrons. The fraction of sp³-hybridized carbons (Fsp3) is 0.214. The lowest BCUT2D eigenvalue weighted by atomic mass is 10.2. The number of pyridine rings is 1. The summed E-state index contributed by atoms with van der Waals surface area (Å²) in [4.78, 5) is 4.01. The van der Waals surface area contributed by atoms with Crippen molar-refractivity contribution in [1.29, 1.82) is 0 Å². The summed E-state index contributed by atoms with van der Waals surface area (Å²) in [5.74, 6) is 0. The molecule has 0 aliphatic heterocycles. The Kier molecular flexibility index (Phi) is 3.85. The van der Waals surface area contributed by atoms with Crippen molar-refractivity contribution in [3.8, 4) is 0 Å². The molecule has 1 aromatic carbocycles. The molecule has 4 nitrogen and oxygen atoms in total. The van der Waals surface area contributed by atoms with Crippen molar-refractivity contribution in [3.63, 3.8) is 0 Å². The molecule has 0 aliphatic rings. The molecule has 0 amide bonds. The van der Waals surface area contributed by atoms with Gasteiger partial charge < -0.3 is 0 Å². The summed E-state index contributed by atoms with van der Waals surface area (Å²) in [6.07, 6.45) is 4.55. The zero-order chi connectivity index (χ0) is 13.9. The van der Waals surface area contributed by atoms with E-state index >= 15 is 0 Å². The van der Waals surface area contributed by atoms with Gasteiger partial charge >= 0.3 is 0 Å². The number of aryl methyl sites for hydroxylation is 1. The van der Waals surface area contributed by atoms with E-state index in [1.807, 2.05) is 37.3 Å². The van der Waals surface area contributed by atoms with Crippen LogP contribution in [0.1, 0.15) is 11.1 Å². The van der Waals surface area contributed by atoms with E-state index in [1.165, 1.54) is 10.6 Å². The van der Waals surface area contributed by atoms with E-state index in [4.69, 9.17) is 0 Å². The number of sulfonamides is 1. The Bertz CT molecular complexity index is 637. The van der Waals surface area contributed by atoms with Gasteiger partial charge in [0.05, 0.1) is 18.5 Å². The fourth-order valence-electron chi connectivity index (χ4n) is 1.77. The third-order valence-electron chi connectivity index (χ3n) is 2.77. The standard InChI is InChI=1S/C14H16N2O2S/c1-12-5-7-14(8-6-12)16(19(2,17)18)11-13-4-3-9-15-10-13/h3-10H,11H2,1-2H3. The van der Waals surface area contributed by atoms with E-state index in [-0.39, 0.29) is 6.54 Å². The van der Waals surface area contributed by atoms with E-state index in [0.29, 0.717) is 5.69 Å². The normalized spacial score (nSPS) is 11.3. The number of benzene rings is 1. The van der Waals surface area contributed by atoms with Crippen LogP contribution in [0.25, 0.3) is 0 Å². The highest BCUT2D eigenvalue weighted by Crippen LogP contribution is 2.20. The summed E-state index contributed by atoms with van der Waals surface area (Å²) < 4.78 is 25.2. The molecule has 0 bridgehead atoms. The van der Waals surface area contributed by atoms with Gasteiger partial charge in [-0.05, 0) is 30.7 Å². The average Bonchev–Trinajstić information content (AvgIpc) is 2.37. The van der Waals surface area contributed by atoms with Crippen molar-refractivity contribution in [1.82, 2.24) is 4.98 Å². The lowest BCUT2D eigenvalue weighted by Gasteiger charge is -2.22. The maximum Gasteiger partial charge on any atom is 0.232 e. The van der Waals surface area contributed by atoms with Crippen LogP contribution in [0.5, 0.6) is 0 Å². The van der Waals surface area contributed by atoms with Crippen LogP contribution >= 0.6 is 0 Å². The largest absolute Gasteiger partial charge is 0.266 e. The van der Waals surface area contributed by atoms with Crippen LogP contribution in [0.3, 0.4) is 0 Å². The third-order valence-corrected chi connectivity index (χ3v) is 3.91. The first-order valence-corrected chi connectivity index (χ1v) is 7.75. The average molecular weight is 276 g/mol. The van der Waals surface area contributed by atoms with Crippen molar-refractivity contribution in [2.75, 3.05) is 10.6 Å². The Labute approximate surface area is 113 Å². The highest BCUT2D eigenvalue weighted by Gasteiger charge is 2.17. The number of rotatable bonds is 4. The van der Waals surface area contributed by atoms with Gasteiger partial charge in [-0.3, -0.25) is 9.29 Å². The summed E-state index contributed by atoms with van der Waals surface area (Å²) in [5.41, 5.74) is 2.61. The Hall–Kier alpha value is -1.88. The van der Waals surface area contributed by atoms with Crippen LogP contribution in [0.4, 0.5) is 5.69 Å². The lowest BCUT2D eigenvalue weighted by molar-refractivity contribution is 0.596. The highest BCUT2D eigenvalue weighted by atomic mass is 32.2. The summed E-state index contributed by atoms with van der Waals surface area (Å²) in [7, 11) is -3.32. The molecule has 0 unspecified atom stereocenters. The first-order valence-electron chi connectivity index (χ1n) is 5.90. The molecule has 5 heteroatoms. The molecule has 1 heterocycles. The minimum Gasteiger partial charge on any atom is -0.266 e. The smallest absolute Gasteiger partial charge is 0.232 e. The van der Waals surface area contributed by atoms with Crippen LogP contribution in [-0.4, -0.2) is 19.7 Å². The Morgan fingerprint density at radius 2 is 1.84 bits per heavy atom. The zero-order valence-electron chi connectivity index (χ0n) is 10.9. The van der Waals surface area contributed by atoms with Gasteiger partial charge in [0.25, 0.3) is 0 Å². The molecule has 1 aromatic heterocycles. The SMILES string of the molecule is Cc1ccc(N(Cc2cccnc2)S(C)(=O)=O)cc1. The summed E-state index contributed by atoms with van der Waals surface area (Å²) in [5, 5.41) is 0. The van der Waals surface area contributed by atoms with Gasteiger partial charge in [0.2, 0.25) is 10.0 Å². The van der Waals surface area contributed by atoms with E-state index < -0.39 is 10.0 Å². The molecule has 2 rings (SSSR count). The molecule has 0 aliphatic carbocycles. The third kappa shape index (κ3) is 3.54. The number of hydrogen-bond acceptors (Lipinski definition) is 3. The predicted molar refractivity (Wildman–Crippen MR) is 76.4 cm³/mol. The van der Waals surface area contributed by atoms with Crippen molar-refractivity contribution in [3.05, 3.63) is 59.9 Å². The molecule has 0 atom stereocenters. The first kappa shape index (κ1) is 13.5. The van der Waals surface area contributed by atoms with Crippen LogP contribution < -0.4 is 4.31 Å². The molecule has 0 fully saturated rings. The van der Waals surface area contributed by atoms with Gasteiger partial charge in [-0.2, -0.15) is 0 Å². The van der Waals surface area contributed by atoms with Crippen molar-refractivity contribution in [2.45, 2.75) is 13.5 Å². The summed E-state index contributed by atoms with van der Waals surface area (Å²) >= 11 is 0. The molecule has 19 heavy (non-hydrogen) atoms. The van der Waals surface area contributed by atoms with Crippen LogP contribution in [0, 0.1) is 6.92 Å². The second-order valence-corrected chi connectivity index (χ2v) is 6.37. The van der Waals surface area contributed by atoms with Gasteiger partial charge in [-0.15, -0.1) is 0 Å². The Morgan fingerprint density at radius 3 is 2.37 bits per heavy atom. The van der Waals surface area contributed by atoms with Crippen molar-refractivity contribution < 1.29 is 8.42 Å². The molecule has 0 saturated heterocycles. The quantitative estimate of drug-likeness (QED) is 0.861. The number of anilines is 1. The Balaban J connectivity index is 2.35. The summed E-state index contributed by atoms with van der Waals surface area (Å²) in [6.45, 7) is 2.26. The molecular formula is C14H16N2O2S. The molecular weight excluding hydrogens is 260 g/mol. The van der Waals surface area contributed by atoms with Gasteiger partial charge in [-0.25, -0.2) is 8.42 Å². The van der Waals surface area contributed by atoms with Crippen molar-refractivity contribution in [2.24, 2.45) is 0 Å². The molecule has 0 N–H and O–H groups in total. The van der Waals surface area contributed by atoms with E-state index in [9.17, 15) is 8.42 Å². The lowest BCUT2D eigenvalue weighted by Crippen LogP contribution is -2.29. The number of aromatic nitrogens is 1. The second kappa shape index (κ2) is 5.40. The van der Waals surface area contributed by atoms with Gasteiger partial charge in [0.15, 0.2) is 0 Å². The number of hydrogen-bond donors (Lipinski definition) is 0. The molecule has 0 spiro atoms. The maximum atomic E-state index is 11.9. The maximum absolute atomic E-state index is 11.9. The molecule has 0 radical (unpaired) electrons. The predicted octanol–water partition coefficient (Wildman–Crippen LogP) is 2.36. The van der Waals surface area contributed by atoms with Gasteiger partial charge in [0.1, 0.15) is 0 Å². The topological polar surface area (TPSA) is 50.3 Å². The first-order chi connectivity index (χ1) is 8.97. The molecule has 0 saturated carbocycles. The van der Waals surface area contributed by atoms with Crippen LogP contribution in [-0.2, 0) is 16.6 Å². The van der Waals surface area contributed by atoms with E-state index in [1.54, 1.807) is 18.5 Å². The highest BCUT2D eigenvalue weighted by molar-refractivity contribution is 7.92. The monoisotopic (exact) mass is 276 g/mol. The number of nitrogens with zero attached hydrogens (tertiary/aromatic N) is 2. The Morgan fingerprint density at radius 1 is 1.16 bits per heavy atom. The minimum absolute atomic E-state index is 0.287. The van der Waals surface area contributed by atoms with E-state index in [2.05, 4.69) is 4.98 Å².